The number of fused-ring (bicyclic) bond motifs is 1. The van der Waals surface area contributed by atoms with Crippen LogP contribution in [0.4, 0.5) is 0 Å². The molecule has 0 aliphatic carbocycles. The van der Waals surface area contributed by atoms with E-state index in [-0.39, 0.29) is 0 Å². The van der Waals surface area contributed by atoms with Crippen LogP contribution in [0.2, 0.25) is 0 Å². The van der Waals surface area contributed by atoms with E-state index in [1.807, 2.05) is 18.3 Å². The maximum Gasteiger partial charge on any atom is 0.0702 e. The van der Waals surface area contributed by atoms with E-state index in [2.05, 4.69) is 75.6 Å². The molecule has 22 heavy (non-hydrogen) atoms. The molecule has 0 saturated heterocycles. The second-order valence-corrected chi connectivity index (χ2v) is 6.56. The van der Waals surface area contributed by atoms with E-state index in [9.17, 15) is 0 Å². The summed E-state index contributed by atoms with van der Waals surface area (Å²) in [5.74, 6) is 0. The van der Waals surface area contributed by atoms with Gasteiger partial charge in [0.25, 0.3) is 0 Å². The van der Waals surface area contributed by atoms with Gasteiger partial charge < -0.3 is 5.32 Å². The average molecular weight is 355 g/mol. The molecule has 0 aliphatic rings. The van der Waals surface area contributed by atoms with E-state index in [1.54, 1.807) is 0 Å². The first kappa shape index (κ1) is 15.2. The van der Waals surface area contributed by atoms with Crippen LogP contribution in [0.25, 0.3) is 10.9 Å². The second-order valence-electron chi connectivity index (χ2n) is 5.65. The van der Waals surface area contributed by atoms with Crippen LogP contribution in [0.3, 0.4) is 0 Å². The lowest BCUT2D eigenvalue weighted by molar-refractivity contribution is 0.545. The molecule has 1 atom stereocenters. The minimum Gasteiger partial charge on any atom is -0.310 e. The molecule has 0 fully saturated rings. The molecule has 0 spiro atoms. The Hall–Kier alpha value is -1.71. The van der Waals surface area contributed by atoms with Gasteiger partial charge in [0, 0.05) is 28.6 Å². The van der Waals surface area contributed by atoms with Crippen LogP contribution >= 0.6 is 15.9 Å². The van der Waals surface area contributed by atoms with Crippen LogP contribution in [-0.2, 0) is 13.0 Å². The lowest BCUT2D eigenvalue weighted by atomic mass is 10.1. The van der Waals surface area contributed by atoms with Gasteiger partial charge in [-0.15, -0.1) is 0 Å². The van der Waals surface area contributed by atoms with E-state index < -0.39 is 0 Å². The zero-order chi connectivity index (χ0) is 15.4. The molecule has 0 aliphatic heterocycles. The van der Waals surface area contributed by atoms with Crippen molar-refractivity contribution < 1.29 is 0 Å². The first-order valence-corrected chi connectivity index (χ1v) is 8.31. The van der Waals surface area contributed by atoms with Crippen molar-refractivity contribution in [3.05, 3.63) is 76.4 Å². The van der Waals surface area contributed by atoms with Crippen LogP contribution in [0.15, 0.2) is 65.3 Å². The summed E-state index contributed by atoms with van der Waals surface area (Å²) >= 11 is 3.47. The third-order valence-corrected chi connectivity index (χ3v) is 4.29. The molecule has 3 aromatic rings. The normalized spacial score (nSPS) is 12.5. The topological polar surface area (TPSA) is 24.9 Å². The van der Waals surface area contributed by atoms with E-state index in [0.29, 0.717) is 6.04 Å². The van der Waals surface area contributed by atoms with Crippen molar-refractivity contribution in [3.8, 4) is 0 Å². The number of benzene rings is 2. The van der Waals surface area contributed by atoms with Crippen LogP contribution < -0.4 is 5.32 Å². The van der Waals surface area contributed by atoms with Crippen LogP contribution in [-0.4, -0.2) is 11.0 Å². The molecule has 1 heterocycles. The number of halogens is 1. The summed E-state index contributed by atoms with van der Waals surface area (Å²) < 4.78 is 1.12. The number of para-hydroxylation sites is 1. The molecule has 2 aromatic carbocycles. The monoisotopic (exact) mass is 354 g/mol. The van der Waals surface area contributed by atoms with Crippen molar-refractivity contribution in [1.82, 2.24) is 10.3 Å². The van der Waals surface area contributed by atoms with Crippen LogP contribution in [0, 0.1) is 0 Å². The van der Waals surface area contributed by atoms with E-state index >= 15 is 0 Å². The number of nitrogens with one attached hydrogen (secondary N) is 1. The third kappa shape index (κ3) is 3.93. The summed E-state index contributed by atoms with van der Waals surface area (Å²) in [4.78, 5) is 4.51. The zero-order valence-corrected chi connectivity index (χ0v) is 14.2. The highest BCUT2D eigenvalue weighted by Crippen LogP contribution is 2.14. The van der Waals surface area contributed by atoms with Crippen molar-refractivity contribution >= 4 is 26.8 Å². The molecule has 1 unspecified atom stereocenters. The molecular weight excluding hydrogens is 336 g/mol. The second kappa shape index (κ2) is 7.03. The third-order valence-electron chi connectivity index (χ3n) is 3.76. The van der Waals surface area contributed by atoms with E-state index in [0.717, 1.165) is 23.0 Å². The number of hydrogen-bond donors (Lipinski definition) is 1. The van der Waals surface area contributed by atoms with Gasteiger partial charge >= 0.3 is 0 Å². The van der Waals surface area contributed by atoms with Gasteiger partial charge in [-0.05, 0) is 48.7 Å². The molecule has 3 rings (SSSR count). The van der Waals surface area contributed by atoms with E-state index in [1.165, 1.54) is 16.5 Å². The average Bonchev–Trinajstić information content (AvgIpc) is 2.55. The Balaban J connectivity index is 1.59. The Morgan fingerprint density at radius 3 is 2.64 bits per heavy atom. The molecule has 0 bridgehead atoms. The fraction of sp³-hybridized carbons (Fsp3) is 0.211. The van der Waals surface area contributed by atoms with Gasteiger partial charge in [-0.3, -0.25) is 4.98 Å². The SMILES string of the molecule is CC(Cc1ccc(Br)cc1)NCc1cnc2ccccc2c1. The summed E-state index contributed by atoms with van der Waals surface area (Å²) in [7, 11) is 0. The van der Waals surface area contributed by atoms with Crippen molar-refractivity contribution in [2.75, 3.05) is 0 Å². The number of rotatable bonds is 5. The van der Waals surface area contributed by atoms with Gasteiger partial charge in [-0.2, -0.15) is 0 Å². The molecule has 1 N–H and O–H groups in total. The number of aromatic nitrogens is 1. The maximum absolute atomic E-state index is 4.51. The highest BCUT2D eigenvalue weighted by molar-refractivity contribution is 9.10. The Kier molecular flexibility index (Phi) is 4.86. The predicted octanol–water partition coefficient (Wildman–Crippen LogP) is 4.72. The van der Waals surface area contributed by atoms with Crippen molar-refractivity contribution in [2.24, 2.45) is 0 Å². The predicted molar refractivity (Wildman–Crippen MR) is 95.9 cm³/mol. The van der Waals surface area contributed by atoms with Crippen molar-refractivity contribution in [3.63, 3.8) is 0 Å². The zero-order valence-electron chi connectivity index (χ0n) is 12.6. The summed E-state index contributed by atoms with van der Waals surface area (Å²) in [5, 5.41) is 4.77. The molecule has 0 amide bonds. The minimum absolute atomic E-state index is 0.424. The van der Waals surface area contributed by atoms with E-state index in [4.69, 9.17) is 0 Å². The largest absolute Gasteiger partial charge is 0.310 e. The lowest BCUT2D eigenvalue weighted by Crippen LogP contribution is -2.27. The van der Waals surface area contributed by atoms with Gasteiger partial charge in [-0.25, -0.2) is 0 Å². The van der Waals surface area contributed by atoms with Gasteiger partial charge in [-0.1, -0.05) is 46.3 Å². The smallest absolute Gasteiger partial charge is 0.0702 e. The molecule has 3 heteroatoms. The first-order chi connectivity index (χ1) is 10.7. The molecule has 0 saturated carbocycles. The quantitative estimate of drug-likeness (QED) is 0.717. The molecule has 2 nitrogen and oxygen atoms in total. The van der Waals surface area contributed by atoms with Gasteiger partial charge in [0.15, 0.2) is 0 Å². The highest BCUT2D eigenvalue weighted by atomic mass is 79.9. The fourth-order valence-electron chi connectivity index (χ4n) is 2.55. The van der Waals surface area contributed by atoms with Crippen molar-refractivity contribution in [1.29, 1.82) is 0 Å². The summed E-state index contributed by atoms with van der Waals surface area (Å²) in [6.07, 6.45) is 2.98. The van der Waals surface area contributed by atoms with Crippen molar-refractivity contribution in [2.45, 2.75) is 25.9 Å². The maximum atomic E-state index is 4.51. The Bertz CT molecular complexity index is 753. The fourth-order valence-corrected chi connectivity index (χ4v) is 2.82. The molecule has 112 valence electrons. The Labute approximate surface area is 139 Å². The van der Waals surface area contributed by atoms with Gasteiger partial charge in [0.2, 0.25) is 0 Å². The number of nitrogens with zero attached hydrogens (tertiary/aromatic N) is 1. The molecular formula is C19H19BrN2. The summed E-state index contributed by atoms with van der Waals surface area (Å²) in [6, 6.07) is 19.4. The Morgan fingerprint density at radius 2 is 1.82 bits per heavy atom. The number of pyridine rings is 1. The lowest BCUT2D eigenvalue weighted by Gasteiger charge is -2.14. The van der Waals surface area contributed by atoms with Gasteiger partial charge in [0.1, 0.15) is 0 Å². The standard InChI is InChI=1S/C19H19BrN2/c1-14(10-15-6-8-18(20)9-7-15)21-12-16-11-17-4-2-3-5-19(17)22-13-16/h2-9,11,13-14,21H,10,12H2,1H3. The summed E-state index contributed by atoms with van der Waals surface area (Å²) in [6.45, 7) is 3.06. The number of hydrogen-bond acceptors (Lipinski definition) is 2. The Morgan fingerprint density at radius 1 is 1.05 bits per heavy atom. The molecule has 1 aromatic heterocycles. The van der Waals surface area contributed by atoms with Crippen LogP contribution in [0.1, 0.15) is 18.1 Å². The first-order valence-electron chi connectivity index (χ1n) is 7.52. The minimum atomic E-state index is 0.424. The molecule has 0 radical (unpaired) electrons. The highest BCUT2D eigenvalue weighted by Gasteiger charge is 2.04. The van der Waals surface area contributed by atoms with Crippen LogP contribution in [0.5, 0.6) is 0 Å². The summed E-state index contributed by atoms with van der Waals surface area (Å²) in [5.41, 5.74) is 3.62. The van der Waals surface area contributed by atoms with Gasteiger partial charge in [0.05, 0.1) is 5.52 Å².